The molecule has 2 aliphatic rings. The number of phenolic OH excluding ortho intramolecular Hbond substituents is 4. The van der Waals surface area contributed by atoms with E-state index in [1.807, 2.05) is 0 Å². The van der Waals surface area contributed by atoms with Gasteiger partial charge in [-0.3, -0.25) is 9.59 Å². The summed E-state index contributed by atoms with van der Waals surface area (Å²) in [7, 11) is 0. The maximum atomic E-state index is 16.0. The molecule has 496 valence electrons. The average molecular weight is 1230 g/mol. The monoisotopic (exact) mass is 1220 g/mol. The Labute approximate surface area is 540 Å². The molecule has 2 aliphatic carbocycles. The molecule has 4 aromatic carbocycles. The Kier molecular flexibility index (Phi) is 20.9. The Hall–Kier alpha value is -4.66. The molecule has 2 saturated carbocycles. The lowest BCUT2D eigenvalue weighted by Crippen LogP contribution is -2.46. The van der Waals surface area contributed by atoms with Crippen LogP contribution in [0.5, 0.6) is 23.0 Å². The minimum atomic E-state index is -1.19. The molecule has 0 aliphatic heterocycles. The van der Waals surface area contributed by atoms with Crippen LogP contribution in [-0.4, -0.2) is 55.4 Å². The zero-order valence-electron chi connectivity index (χ0n) is 60.8. The average Bonchev–Trinajstić information content (AvgIpc) is 1.16. The Morgan fingerprint density at radius 2 is 0.461 bits per heavy atom. The molecule has 0 bridgehead atoms. The Morgan fingerprint density at radius 1 is 0.303 bits per heavy atom. The number of aliphatic hydroxyl groups excluding tert-OH is 2. The lowest BCUT2D eigenvalue weighted by molar-refractivity contribution is -0.137. The number of carbonyl (C=O) groups is 2. The van der Waals surface area contributed by atoms with Gasteiger partial charge in [-0.2, -0.15) is 0 Å². The number of Topliss-reactive ketones (excluding diaryl/α,β-unsaturated/α-hetero) is 2. The van der Waals surface area contributed by atoms with Gasteiger partial charge in [-0.25, -0.2) is 0 Å². The van der Waals surface area contributed by atoms with E-state index in [2.05, 4.69) is 229 Å². The first-order chi connectivity index (χ1) is 40.2. The standard InChI is InChI=1S/C81H124O8/c1-71(2,3)57-35-49(36-58(65(57)84)72(4,5)6)43-80(47-82,44-50-37-59(73(7,8)9)66(85)60(38-50)74(10,11)12)69(88)53-27-31-55(32-28-53)79(25,26)56-33-29-54(30-34-56)70(89)81(48-83,45-51-39-61(75(13,14)15)67(86)62(40-51)76(16,17)18)46-52-41-63(77(19,20)21)68(87)64(42-52)78(22,23)24/h35-42,53-56,82-87H,27-34,43-48H2,1-26H3. The second kappa shape index (κ2) is 25.3. The van der Waals surface area contributed by atoms with Crippen LogP contribution in [-0.2, 0) is 78.6 Å². The molecule has 8 nitrogen and oxygen atoms in total. The molecule has 0 atom stereocenters. The topological polar surface area (TPSA) is 156 Å². The summed E-state index contributed by atoms with van der Waals surface area (Å²) in [5.41, 5.74) is 4.65. The molecule has 0 radical (unpaired) electrons. The number of hydrogen-bond donors (Lipinski definition) is 6. The van der Waals surface area contributed by atoms with Gasteiger partial charge in [0.15, 0.2) is 0 Å². The number of aliphatic hydroxyl groups is 2. The number of benzene rings is 4. The molecule has 0 aromatic heterocycles. The zero-order valence-corrected chi connectivity index (χ0v) is 60.8. The predicted molar refractivity (Wildman–Crippen MR) is 371 cm³/mol. The van der Waals surface area contributed by atoms with Crippen LogP contribution >= 0.6 is 0 Å². The highest BCUT2D eigenvalue weighted by atomic mass is 16.3. The van der Waals surface area contributed by atoms with Gasteiger partial charge in [0.1, 0.15) is 34.6 Å². The van der Waals surface area contributed by atoms with Crippen molar-refractivity contribution in [1.82, 2.24) is 0 Å². The number of aromatic hydroxyl groups is 4. The SMILES string of the molecule is CC(C)(C)c1cc(CC(CO)(Cc2cc(C(C)(C)C)c(O)c(C(C)(C)C)c2)C(=O)C2CCC(C(C)(C)C3CCC(C(=O)C(CO)(Cc4cc(C(C)(C)C)c(O)c(C(C)(C)C)c4)Cc4cc(C(C)(C)C)c(O)c(C(C)(C)C)c4)CC3)CC2)cc(C(C)(C)C)c1O. The molecule has 0 spiro atoms. The summed E-state index contributed by atoms with van der Waals surface area (Å²) < 4.78 is 0. The number of phenols is 4. The molecule has 8 heteroatoms. The predicted octanol–water partition coefficient (Wildman–Crippen LogP) is 18.9. The molecule has 89 heavy (non-hydrogen) atoms. The summed E-state index contributed by atoms with van der Waals surface area (Å²) >= 11 is 0. The van der Waals surface area contributed by atoms with Gasteiger partial charge in [-0.15, -0.1) is 0 Å². The van der Waals surface area contributed by atoms with E-state index in [1.165, 1.54) is 0 Å². The summed E-state index contributed by atoms with van der Waals surface area (Å²) in [6.45, 7) is 54.6. The second-order valence-electron chi connectivity index (χ2n) is 37.4. The summed E-state index contributed by atoms with van der Waals surface area (Å²) in [6.07, 6.45) is 7.54. The molecule has 0 amide bonds. The first kappa shape index (κ1) is 73.4. The second-order valence-corrected chi connectivity index (χ2v) is 37.4. The summed E-state index contributed by atoms with van der Waals surface area (Å²) in [4.78, 5) is 31.9. The van der Waals surface area contributed by atoms with Gasteiger partial charge in [-0.1, -0.05) is 229 Å². The van der Waals surface area contributed by atoms with Gasteiger partial charge in [0.2, 0.25) is 0 Å². The molecular weight excluding hydrogens is 1100 g/mol. The third kappa shape index (κ3) is 16.1. The Bertz CT molecular complexity index is 2660. The van der Waals surface area contributed by atoms with Crippen LogP contribution in [0.1, 0.15) is 298 Å². The highest BCUT2D eigenvalue weighted by molar-refractivity contribution is 5.89. The van der Waals surface area contributed by atoms with Gasteiger partial charge in [0.05, 0.1) is 24.0 Å². The van der Waals surface area contributed by atoms with E-state index in [4.69, 9.17) is 0 Å². The van der Waals surface area contributed by atoms with E-state index in [0.717, 1.165) is 92.4 Å². The van der Waals surface area contributed by atoms with E-state index < -0.39 is 10.8 Å². The van der Waals surface area contributed by atoms with Gasteiger partial charge in [-0.05, 0) is 204 Å². The number of hydrogen-bond acceptors (Lipinski definition) is 8. The zero-order chi connectivity index (χ0) is 67.8. The number of rotatable bonds is 16. The first-order valence-corrected chi connectivity index (χ1v) is 34.0. The van der Waals surface area contributed by atoms with Crippen LogP contribution in [0.4, 0.5) is 0 Å². The van der Waals surface area contributed by atoms with Crippen molar-refractivity contribution in [2.45, 2.75) is 300 Å². The normalized spacial score (nSPS) is 19.2. The van der Waals surface area contributed by atoms with Crippen LogP contribution in [0, 0.1) is 39.9 Å². The van der Waals surface area contributed by atoms with Crippen LogP contribution in [0.25, 0.3) is 0 Å². The lowest BCUT2D eigenvalue weighted by Gasteiger charge is -2.48. The van der Waals surface area contributed by atoms with Crippen molar-refractivity contribution in [3.63, 3.8) is 0 Å². The van der Waals surface area contributed by atoms with E-state index in [1.54, 1.807) is 0 Å². The van der Waals surface area contributed by atoms with E-state index in [9.17, 15) is 30.6 Å². The smallest absolute Gasteiger partial charge is 0.145 e. The van der Waals surface area contributed by atoms with Gasteiger partial charge in [0.25, 0.3) is 0 Å². The van der Waals surface area contributed by atoms with E-state index >= 15 is 9.59 Å². The maximum absolute atomic E-state index is 16.0. The molecule has 6 rings (SSSR count). The van der Waals surface area contributed by atoms with Crippen molar-refractivity contribution in [1.29, 1.82) is 0 Å². The quantitative estimate of drug-likeness (QED) is 0.0648. The fraction of sp³-hybridized carbons (Fsp3) is 0.679. The minimum absolute atomic E-state index is 0.0841. The maximum Gasteiger partial charge on any atom is 0.145 e. The van der Waals surface area contributed by atoms with E-state index in [-0.39, 0.29) is 108 Å². The van der Waals surface area contributed by atoms with Crippen LogP contribution < -0.4 is 0 Å². The third-order valence-electron chi connectivity index (χ3n) is 21.3. The fourth-order valence-corrected chi connectivity index (χ4v) is 15.6. The van der Waals surface area contributed by atoms with Crippen molar-refractivity contribution in [2.75, 3.05) is 13.2 Å². The molecule has 2 fully saturated rings. The minimum Gasteiger partial charge on any atom is -0.507 e. The summed E-state index contributed by atoms with van der Waals surface area (Å²) in [6, 6.07) is 16.5. The van der Waals surface area contributed by atoms with Crippen LogP contribution in [0.2, 0.25) is 0 Å². The lowest BCUT2D eigenvalue weighted by atomic mass is 9.57. The summed E-state index contributed by atoms with van der Waals surface area (Å²) in [5, 5.41) is 71.5. The largest absolute Gasteiger partial charge is 0.507 e. The van der Waals surface area contributed by atoms with Gasteiger partial charge in [0, 0.05) is 11.8 Å². The van der Waals surface area contributed by atoms with E-state index in [0.29, 0.717) is 63.2 Å². The van der Waals surface area contributed by atoms with Crippen LogP contribution in [0.3, 0.4) is 0 Å². The highest BCUT2D eigenvalue weighted by Crippen LogP contribution is 2.54. The van der Waals surface area contributed by atoms with Crippen molar-refractivity contribution in [3.05, 3.63) is 115 Å². The first-order valence-electron chi connectivity index (χ1n) is 34.0. The van der Waals surface area contributed by atoms with Crippen LogP contribution in [0.15, 0.2) is 48.5 Å². The van der Waals surface area contributed by atoms with Crippen molar-refractivity contribution >= 4 is 11.6 Å². The summed E-state index contributed by atoms with van der Waals surface area (Å²) in [5.74, 6) is 1.44. The third-order valence-corrected chi connectivity index (χ3v) is 21.3. The van der Waals surface area contributed by atoms with Gasteiger partial charge >= 0.3 is 0 Å². The number of carbonyl (C=O) groups excluding carboxylic acids is 2. The Morgan fingerprint density at radius 3 is 0.596 bits per heavy atom. The van der Waals surface area contributed by atoms with Crippen molar-refractivity contribution < 1.29 is 40.2 Å². The molecule has 0 unspecified atom stereocenters. The molecular formula is C81H124O8. The van der Waals surface area contributed by atoms with Crippen molar-refractivity contribution in [2.24, 2.45) is 39.9 Å². The molecule has 0 saturated heterocycles. The van der Waals surface area contributed by atoms with Gasteiger partial charge < -0.3 is 30.6 Å². The van der Waals surface area contributed by atoms with Crippen molar-refractivity contribution in [3.8, 4) is 23.0 Å². The number of ketones is 2. The molecule has 4 aromatic rings. The molecule has 0 heterocycles. The molecule has 6 N–H and O–H groups in total. The Balaban J connectivity index is 1.33. The fourth-order valence-electron chi connectivity index (χ4n) is 15.6. The highest BCUT2D eigenvalue weighted by Gasteiger charge is 2.49.